The van der Waals surface area contributed by atoms with Crippen LogP contribution >= 0.6 is 11.5 Å². The summed E-state index contributed by atoms with van der Waals surface area (Å²) < 4.78 is 25.2. The Hall–Kier alpha value is -3.85. The van der Waals surface area contributed by atoms with Crippen molar-refractivity contribution in [1.82, 2.24) is 19.6 Å². The zero-order valence-electron chi connectivity index (χ0n) is 17.3. The van der Waals surface area contributed by atoms with Crippen molar-refractivity contribution in [2.24, 2.45) is 12.1 Å². The van der Waals surface area contributed by atoms with Crippen LogP contribution in [-0.2, 0) is 18.4 Å². The van der Waals surface area contributed by atoms with Crippen molar-refractivity contribution in [2.45, 2.75) is 13.5 Å². The summed E-state index contributed by atoms with van der Waals surface area (Å²) in [5, 5.41) is 9.11. The summed E-state index contributed by atoms with van der Waals surface area (Å²) in [6, 6.07) is 12.0. The van der Waals surface area contributed by atoms with Gasteiger partial charge >= 0.3 is 0 Å². The lowest BCUT2D eigenvalue weighted by Gasteiger charge is -2.09. The number of aryl methyl sites for hydroxylation is 2. The third kappa shape index (κ3) is 3.56. The summed E-state index contributed by atoms with van der Waals surface area (Å²) in [6.45, 7) is 2.13. The molecule has 0 bridgehead atoms. The van der Waals surface area contributed by atoms with Gasteiger partial charge in [0.05, 0.1) is 21.7 Å². The Morgan fingerprint density at radius 3 is 2.78 bits per heavy atom. The Labute approximate surface area is 187 Å². The molecule has 4 aromatic rings. The Morgan fingerprint density at radius 2 is 2.03 bits per heavy atom. The van der Waals surface area contributed by atoms with Gasteiger partial charge in [0.15, 0.2) is 0 Å². The SMILES string of the molecule is Cc1nnsc1C1=NNC(=O)/C1=C\c1cn(C)c2cccc(OCc3ccc(F)cc3)c12. The van der Waals surface area contributed by atoms with Crippen molar-refractivity contribution in [1.29, 1.82) is 0 Å². The van der Waals surface area contributed by atoms with Gasteiger partial charge in [-0.25, -0.2) is 9.82 Å². The highest BCUT2D eigenvalue weighted by Gasteiger charge is 2.27. The summed E-state index contributed by atoms with van der Waals surface area (Å²) in [6.07, 6.45) is 3.76. The van der Waals surface area contributed by atoms with E-state index in [1.54, 1.807) is 12.1 Å². The molecule has 0 radical (unpaired) electrons. The fourth-order valence-electron chi connectivity index (χ4n) is 3.66. The van der Waals surface area contributed by atoms with Gasteiger partial charge in [-0.15, -0.1) is 5.10 Å². The molecule has 7 nitrogen and oxygen atoms in total. The molecule has 0 atom stereocenters. The van der Waals surface area contributed by atoms with Crippen LogP contribution in [0.1, 0.15) is 21.7 Å². The number of fused-ring (bicyclic) bond motifs is 1. The molecule has 9 heteroatoms. The zero-order valence-corrected chi connectivity index (χ0v) is 18.1. The van der Waals surface area contributed by atoms with Crippen LogP contribution in [-0.4, -0.2) is 25.8 Å². The van der Waals surface area contributed by atoms with Crippen LogP contribution in [0.5, 0.6) is 5.75 Å². The van der Waals surface area contributed by atoms with Crippen molar-refractivity contribution < 1.29 is 13.9 Å². The molecule has 0 spiro atoms. The molecule has 0 fully saturated rings. The van der Waals surface area contributed by atoms with Crippen LogP contribution in [0.3, 0.4) is 0 Å². The Bertz CT molecular complexity index is 1400. The number of ether oxygens (including phenoxy) is 1. The Morgan fingerprint density at radius 1 is 1.22 bits per heavy atom. The topological polar surface area (TPSA) is 81.4 Å². The predicted octanol–water partition coefficient (Wildman–Crippen LogP) is 3.97. The van der Waals surface area contributed by atoms with Crippen LogP contribution in [0.15, 0.2) is 59.3 Å². The molecule has 32 heavy (non-hydrogen) atoms. The van der Waals surface area contributed by atoms with E-state index in [1.807, 2.05) is 49.0 Å². The Balaban J connectivity index is 1.55. The molecule has 0 aliphatic carbocycles. The van der Waals surface area contributed by atoms with E-state index in [4.69, 9.17) is 4.74 Å². The van der Waals surface area contributed by atoms with Gasteiger partial charge in [0.1, 0.15) is 23.9 Å². The number of halogens is 1. The molecule has 1 amide bonds. The number of carbonyl (C=O) groups is 1. The van der Waals surface area contributed by atoms with Crippen molar-refractivity contribution in [2.75, 3.05) is 0 Å². The number of nitrogens with zero attached hydrogens (tertiary/aromatic N) is 4. The molecule has 5 rings (SSSR count). The summed E-state index contributed by atoms with van der Waals surface area (Å²) >= 11 is 1.20. The molecule has 3 heterocycles. The molecule has 1 aliphatic rings. The summed E-state index contributed by atoms with van der Waals surface area (Å²) in [5.41, 5.74) is 6.88. The first kappa shape index (κ1) is 20.1. The van der Waals surface area contributed by atoms with Crippen LogP contribution in [0.25, 0.3) is 17.0 Å². The lowest BCUT2D eigenvalue weighted by molar-refractivity contribution is -0.116. The van der Waals surface area contributed by atoms with Crippen molar-refractivity contribution in [3.63, 3.8) is 0 Å². The minimum absolute atomic E-state index is 0.283. The maximum absolute atomic E-state index is 13.2. The van der Waals surface area contributed by atoms with E-state index in [0.29, 0.717) is 23.6 Å². The largest absolute Gasteiger partial charge is 0.488 e. The van der Waals surface area contributed by atoms with E-state index in [0.717, 1.165) is 32.6 Å². The number of hydrogen-bond acceptors (Lipinski definition) is 6. The molecule has 0 saturated carbocycles. The molecule has 2 aromatic carbocycles. The maximum Gasteiger partial charge on any atom is 0.273 e. The standard InChI is InChI=1S/C23H18FN5O2S/c1-13-22(32-28-25-13)21-17(23(30)27-26-21)10-15-11-29(2)18-4-3-5-19(20(15)18)31-12-14-6-8-16(24)9-7-14/h3-11H,12H2,1-2H3,(H,27,30)/b17-10-. The highest BCUT2D eigenvalue weighted by molar-refractivity contribution is 7.08. The molecule has 0 unspecified atom stereocenters. The van der Waals surface area contributed by atoms with Crippen LogP contribution in [0.4, 0.5) is 4.39 Å². The average Bonchev–Trinajstić information content (AvgIpc) is 3.46. The second-order valence-corrected chi connectivity index (χ2v) is 8.16. The van der Waals surface area contributed by atoms with Gasteiger partial charge < -0.3 is 9.30 Å². The number of rotatable bonds is 5. The van der Waals surface area contributed by atoms with E-state index in [-0.39, 0.29) is 11.7 Å². The van der Waals surface area contributed by atoms with Crippen LogP contribution in [0.2, 0.25) is 0 Å². The second kappa shape index (κ2) is 8.01. The van der Waals surface area contributed by atoms with E-state index in [9.17, 15) is 9.18 Å². The van der Waals surface area contributed by atoms with E-state index >= 15 is 0 Å². The minimum Gasteiger partial charge on any atom is -0.488 e. The lowest BCUT2D eigenvalue weighted by atomic mass is 10.0. The number of carbonyl (C=O) groups excluding carboxylic acids is 1. The number of amides is 1. The highest BCUT2D eigenvalue weighted by atomic mass is 32.1. The maximum atomic E-state index is 13.2. The number of hydrazone groups is 1. The van der Waals surface area contributed by atoms with E-state index in [1.165, 1.54) is 23.7 Å². The predicted molar refractivity (Wildman–Crippen MR) is 121 cm³/mol. The fraction of sp³-hybridized carbons (Fsp3) is 0.130. The quantitative estimate of drug-likeness (QED) is 0.470. The van der Waals surface area contributed by atoms with E-state index in [2.05, 4.69) is 20.1 Å². The summed E-state index contributed by atoms with van der Waals surface area (Å²) in [4.78, 5) is 13.3. The fourth-order valence-corrected chi connectivity index (χ4v) is 4.32. The molecule has 1 N–H and O–H groups in total. The smallest absolute Gasteiger partial charge is 0.273 e. The summed E-state index contributed by atoms with van der Waals surface area (Å²) in [7, 11) is 1.94. The first-order valence-electron chi connectivity index (χ1n) is 9.86. The van der Waals surface area contributed by atoms with Crippen LogP contribution in [0, 0.1) is 12.7 Å². The molecular weight excluding hydrogens is 429 g/mol. The van der Waals surface area contributed by atoms with Gasteiger partial charge in [0.2, 0.25) is 0 Å². The molecule has 2 aromatic heterocycles. The van der Waals surface area contributed by atoms with Gasteiger partial charge in [0.25, 0.3) is 5.91 Å². The first-order valence-corrected chi connectivity index (χ1v) is 10.6. The average molecular weight is 447 g/mol. The van der Waals surface area contributed by atoms with Gasteiger partial charge in [0, 0.05) is 24.2 Å². The monoisotopic (exact) mass is 447 g/mol. The lowest BCUT2D eigenvalue weighted by Crippen LogP contribution is -2.13. The van der Waals surface area contributed by atoms with Crippen molar-refractivity contribution >= 4 is 40.1 Å². The summed E-state index contributed by atoms with van der Waals surface area (Å²) in [5.74, 6) is 0.104. The normalized spacial score (nSPS) is 14.8. The van der Waals surface area contributed by atoms with Crippen molar-refractivity contribution in [3.05, 3.63) is 81.7 Å². The van der Waals surface area contributed by atoms with Gasteiger partial charge in [-0.2, -0.15) is 5.10 Å². The van der Waals surface area contributed by atoms with Crippen LogP contribution < -0.4 is 10.2 Å². The second-order valence-electron chi connectivity index (χ2n) is 7.41. The zero-order chi connectivity index (χ0) is 22.2. The number of nitrogens with one attached hydrogen (secondary N) is 1. The third-order valence-electron chi connectivity index (χ3n) is 5.25. The van der Waals surface area contributed by atoms with Gasteiger partial charge in [-0.05, 0) is 54.4 Å². The first-order chi connectivity index (χ1) is 15.5. The van der Waals surface area contributed by atoms with Gasteiger partial charge in [-0.1, -0.05) is 22.7 Å². The third-order valence-corrected chi connectivity index (χ3v) is 6.08. The number of hydrogen-bond donors (Lipinski definition) is 1. The van der Waals surface area contributed by atoms with Crippen molar-refractivity contribution in [3.8, 4) is 5.75 Å². The molecular formula is C23H18FN5O2S. The minimum atomic E-state index is -0.286. The highest BCUT2D eigenvalue weighted by Crippen LogP contribution is 2.33. The van der Waals surface area contributed by atoms with E-state index < -0.39 is 0 Å². The Kier molecular flexibility index (Phi) is 5.02. The molecule has 0 saturated heterocycles. The number of aromatic nitrogens is 3. The van der Waals surface area contributed by atoms with Gasteiger partial charge in [-0.3, -0.25) is 4.79 Å². The molecule has 1 aliphatic heterocycles. The molecule has 160 valence electrons. The number of benzene rings is 2.